The lowest BCUT2D eigenvalue weighted by Gasteiger charge is -2.43. The number of halogens is 2. The minimum absolute atomic E-state index is 0.0906. The predicted octanol–water partition coefficient (Wildman–Crippen LogP) is 5.47. The molecule has 0 bridgehead atoms. The number of thiazole rings is 1. The van der Waals surface area contributed by atoms with Crippen LogP contribution >= 0.6 is 11.3 Å². The number of rotatable bonds is 8. The van der Waals surface area contributed by atoms with Gasteiger partial charge in [0.15, 0.2) is 0 Å². The fourth-order valence-corrected chi connectivity index (χ4v) is 4.73. The van der Waals surface area contributed by atoms with Crippen LogP contribution in [-0.2, 0) is 11.3 Å². The fourth-order valence-electron chi connectivity index (χ4n) is 3.76. The lowest BCUT2D eigenvalue weighted by Crippen LogP contribution is -2.47. The standard InChI is InChI=1S/C22H31F2N3O2S/c1-5-9-28-16-10-15(22(2,3)4)12-27(13-16)14-17-11-26-20(30-17)18-7-6-8-25-19(18)29-21(23)24/h6-8,11,15-16,21H,5,9-10,12-14H2,1-4H3. The maximum absolute atomic E-state index is 12.7. The maximum Gasteiger partial charge on any atom is 0.388 e. The van der Waals surface area contributed by atoms with Crippen LogP contribution < -0.4 is 4.74 Å². The molecule has 1 fully saturated rings. The molecule has 0 spiro atoms. The molecule has 166 valence electrons. The van der Waals surface area contributed by atoms with Crippen LogP contribution in [0.15, 0.2) is 24.5 Å². The zero-order valence-corrected chi connectivity index (χ0v) is 18.9. The van der Waals surface area contributed by atoms with Crippen molar-refractivity contribution in [3.05, 3.63) is 29.4 Å². The number of likely N-dealkylation sites (tertiary alicyclic amines) is 1. The van der Waals surface area contributed by atoms with E-state index in [1.54, 1.807) is 12.1 Å². The van der Waals surface area contributed by atoms with Crippen LogP contribution in [0.25, 0.3) is 10.6 Å². The molecule has 3 heterocycles. The van der Waals surface area contributed by atoms with Gasteiger partial charge in [0.05, 0.1) is 11.7 Å². The third-order valence-electron chi connectivity index (χ3n) is 5.41. The summed E-state index contributed by atoms with van der Waals surface area (Å²) in [7, 11) is 0. The summed E-state index contributed by atoms with van der Waals surface area (Å²) in [4.78, 5) is 11.9. The Labute approximate surface area is 181 Å². The molecule has 8 heteroatoms. The molecule has 2 atom stereocenters. The Bertz CT molecular complexity index is 810. The number of hydrogen-bond donors (Lipinski definition) is 0. The topological polar surface area (TPSA) is 47.5 Å². The number of piperidine rings is 1. The van der Waals surface area contributed by atoms with Gasteiger partial charge in [-0.15, -0.1) is 11.3 Å². The summed E-state index contributed by atoms with van der Waals surface area (Å²) >= 11 is 1.49. The Morgan fingerprint density at radius 3 is 2.77 bits per heavy atom. The minimum Gasteiger partial charge on any atom is -0.416 e. The molecular formula is C22H31F2N3O2S. The molecule has 0 aromatic carbocycles. The van der Waals surface area contributed by atoms with E-state index < -0.39 is 6.61 Å². The number of ether oxygens (including phenoxy) is 2. The third kappa shape index (κ3) is 6.18. The molecule has 3 rings (SSSR count). The van der Waals surface area contributed by atoms with Crippen molar-refractivity contribution in [2.24, 2.45) is 11.3 Å². The normalized spacial score (nSPS) is 20.6. The Balaban J connectivity index is 1.73. The molecule has 1 saturated heterocycles. The van der Waals surface area contributed by atoms with Gasteiger partial charge in [0, 0.05) is 43.5 Å². The van der Waals surface area contributed by atoms with E-state index in [9.17, 15) is 8.78 Å². The molecule has 0 amide bonds. The zero-order chi connectivity index (χ0) is 21.7. The molecular weight excluding hydrogens is 408 g/mol. The number of aromatic nitrogens is 2. The van der Waals surface area contributed by atoms with Gasteiger partial charge in [0.1, 0.15) is 5.01 Å². The average molecular weight is 440 g/mol. The largest absolute Gasteiger partial charge is 0.416 e. The lowest BCUT2D eigenvalue weighted by atomic mass is 9.75. The molecule has 0 N–H and O–H groups in total. The first-order chi connectivity index (χ1) is 14.3. The molecule has 5 nitrogen and oxygen atoms in total. The van der Waals surface area contributed by atoms with Crippen LogP contribution in [0, 0.1) is 11.3 Å². The van der Waals surface area contributed by atoms with E-state index in [1.165, 1.54) is 17.5 Å². The van der Waals surface area contributed by atoms with Crippen LogP contribution in [0.5, 0.6) is 5.88 Å². The summed E-state index contributed by atoms with van der Waals surface area (Å²) < 4.78 is 36.0. The van der Waals surface area contributed by atoms with Gasteiger partial charge in [-0.1, -0.05) is 27.7 Å². The summed E-state index contributed by atoms with van der Waals surface area (Å²) in [5.41, 5.74) is 0.701. The highest BCUT2D eigenvalue weighted by molar-refractivity contribution is 7.15. The van der Waals surface area contributed by atoms with Gasteiger partial charge >= 0.3 is 6.61 Å². The summed E-state index contributed by atoms with van der Waals surface area (Å²) in [6, 6.07) is 3.40. The summed E-state index contributed by atoms with van der Waals surface area (Å²) in [6.45, 7) is 9.53. The van der Waals surface area contributed by atoms with E-state index in [2.05, 4.69) is 47.3 Å². The van der Waals surface area contributed by atoms with E-state index in [0.29, 0.717) is 16.5 Å². The molecule has 1 aliphatic rings. The van der Waals surface area contributed by atoms with Crippen molar-refractivity contribution in [2.75, 3.05) is 19.7 Å². The summed E-state index contributed by atoms with van der Waals surface area (Å²) in [5.74, 6) is 0.456. The Morgan fingerprint density at radius 1 is 1.27 bits per heavy atom. The lowest BCUT2D eigenvalue weighted by molar-refractivity contribution is -0.0524. The molecule has 2 unspecified atom stereocenters. The molecule has 2 aromatic rings. The Morgan fingerprint density at radius 2 is 2.07 bits per heavy atom. The number of nitrogens with zero attached hydrogens (tertiary/aromatic N) is 3. The smallest absolute Gasteiger partial charge is 0.388 e. The first kappa shape index (κ1) is 23.0. The zero-order valence-electron chi connectivity index (χ0n) is 18.1. The van der Waals surface area contributed by atoms with Gasteiger partial charge in [-0.2, -0.15) is 8.78 Å². The van der Waals surface area contributed by atoms with Crippen molar-refractivity contribution >= 4 is 11.3 Å². The van der Waals surface area contributed by atoms with Crippen LogP contribution in [0.2, 0.25) is 0 Å². The van der Waals surface area contributed by atoms with Gasteiger partial charge in [-0.05, 0) is 36.3 Å². The first-order valence-corrected chi connectivity index (χ1v) is 11.3. The van der Waals surface area contributed by atoms with E-state index >= 15 is 0 Å². The van der Waals surface area contributed by atoms with Gasteiger partial charge in [0.2, 0.25) is 5.88 Å². The highest BCUT2D eigenvalue weighted by atomic mass is 32.1. The van der Waals surface area contributed by atoms with Crippen molar-refractivity contribution in [3.63, 3.8) is 0 Å². The van der Waals surface area contributed by atoms with Crippen molar-refractivity contribution in [1.82, 2.24) is 14.9 Å². The van der Waals surface area contributed by atoms with Gasteiger partial charge in [-0.25, -0.2) is 9.97 Å². The van der Waals surface area contributed by atoms with Crippen molar-refractivity contribution in [3.8, 4) is 16.5 Å². The predicted molar refractivity (Wildman–Crippen MR) is 115 cm³/mol. The van der Waals surface area contributed by atoms with E-state index in [4.69, 9.17) is 4.74 Å². The summed E-state index contributed by atoms with van der Waals surface area (Å²) in [6.07, 6.45) is 5.59. The van der Waals surface area contributed by atoms with Crippen LogP contribution in [-0.4, -0.2) is 47.3 Å². The van der Waals surface area contributed by atoms with Crippen molar-refractivity contribution < 1.29 is 18.3 Å². The van der Waals surface area contributed by atoms with Crippen LogP contribution in [0.4, 0.5) is 8.78 Å². The molecule has 2 aromatic heterocycles. The van der Waals surface area contributed by atoms with E-state index in [-0.39, 0.29) is 17.4 Å². The van der Waals surface area contributed by atoms with Crippen LogP contribution in [0.1, 0.15) is 45.4 Å². The molecule has 30 heavy (non-hydrogen) atoms. The van der Waals surface area contributed by atoms with Gasteiger partial charge in [0.25, 0.3) is 0 Å². The Hall–Kier alpha value is -1.64. The first-order valence-electron chi connectivity index (χ1n) is 10.4. The van der Waals surface area contributed by atoms with Gasteiger partial charge in [-0.3, -0.25) is 4.90 Å². The SMILES string of the molecule is CCCOC1CC(C(C)(C)C)CN(Cc2cnc(-c3cccnc3OC(F)F)s2)C1. The fraction of sp³-hybridized carbons (Fsp3) is 0.636. The molecule has 0 saturated carbocycles. The monoisotopic (exact) mass is 439 g/mol. The highest BCUT2D eigenvalue weighted by Gasteiger charge is 2.34. The molecule has 0 radical (unpaired) electrons. The second-order valence-electron chi connectivity index (χ2n) is 8.85. The Kier molecular flexibility index (Phi) is 7.76. The van der Waals surface area contributed by atoms with Crippen molar-refractivity contribution in [1.29, 1.82) is 0 Å². The van der Waals surface area contributed by atoms with E-state index in [0.717, 1.165) is 44.0 Å². The second kappa shape index (κ2) is 10.1. The third-order valence-corrected chi connectivity index (χ3v) is 6.42. The maximum atomic E-state index is 12.7. The highest BCUT2D eigenvalue weighted by Crippen LogP contribution is 2.36. The average Bonchev–Trinajstić information content (AvgIpc) is 3.13. The van der Waals surface area contributed by atoms with Crippen molar-refractivity contribution in [2.45, 2.75) is 59.8 Å². The minimum atomic E-state index is -2.92. The molecule has 0 aliphatic carbocycles. The molecule has 1 aliphatic heterocycles. The second-order valence-corrected chi connectivity index (χ2v) is 9.97. The van der Waals surface area contributed by atoms with Crippen LogP contribution in [0.3, 0.4) is 0 Å². The van der Waals surface area contributed by atoms with Gasteiger partial charge < -0.3 is 9.47 Å². The quantitative estimate of drug-likeness (QED) is 0.546. The van der Waals surface area contributed by atoms with E-state index in [1.807, 2.05) is 6.20 Å². The number of pyridine rings is 1. The number of alkyl halides is 2. The number of hydrogen-bond acceptors (Lipinski definition) is 6. The summed E-state index contributed by atoms with van der Waals surface area (Å²) in [5, 5.41) is 0.636.